The summed E-state index contributed by atoms with van der Waals surface area (Å²) < 4.78 is 56.6. The van der Waals surface area contributed by atoms with E-state index in [0.717, 1.165) is 12.1 Å². The zero-order valence-corrected chi connectivity index (χ0v) is 22.8. The lowest BCUT2D eigenvalue weighted by atomic mass is 9.89. The van der Waals surface area contributed by atoms with Crippen molar-refractivity contribution in [2.24, 2.45) is 0 Å². The molecule has 2 atom stereocenters. The Morgan fingerprint density at radius 3 is 2.41 bits per heavy atom. The van der Waals surface area contributed by atoms with E-state index in [1.54, 1.807) is 27.7 Å². The molecule has 0 spiro atoms. The van der Waals surface area contributed by atoms with Gasteiger partial charge in [-0.25, -0.2) is 14.8 Å². The summed E-state index contributed by atoms with van der Waals surface area (Å²) in [7, 11) is 0. The van der Waals surface area contributed by atoms with Crippen molar-refractivity contribution in [2.45, 2.75) is 84.2 Å². The van der Waals surface area contributed by atoms with Gasteiger partial charge in [-0.05, 0) is 70.7 Å². The summed E-state index contributed by atoms with van der Waals surface area (Å²) >= 11 is 0. The average molecular weight is 553 g/mol. The first-order valence-corrected chi connectivity index (χ1v) is 12.9. The lowest BCUT2D eigenvalue weighted by molar-refractivity contribution is -0.155. The molecular formula is C27H35F3N4O5. The van der Waals surface area contributed by atoms with E-state index in [0.29, 0.717) is 36.3 Å². The molecule has 1 N–H and O–H groups in total. The second-order valence-electron chi connectivity index (χ2n) is 10.1. The standard InChI is InChI=1S/C27H35F3N4O5/c1-6-18-14-21(20-13-17(27(28,29)30)10-11-22(20)34(18)25(36)37-7-2)33-24-31-15-19(16-32-24)38-12-8-9-23(35)39-26(3,4)5/h10-11,13,15-16,18,21H,6-9,12,14H2,1-5H3,(H,31,32,33)/t18-,21+/m1/s1. The number of aromatic nitrogens is 2. The number of ether oxygens (including phenoxy) is 3. The van der Waals surface area contributed by atoms with Gasteiger partial charge in [-0.2, -0.15) is 13.2 Å². The number of carbonyl (C=O) groups is 2. The Labute approximate surface area is 226 Å². The molecule has 1 aliphatic rings. The highest BCUT2D eigenvalue weighted by atomic mass is 19.4. The molecule has 0 bridgehead atoms. The molecule has 9 nitrogen and oxygen atoms in total. The van der Waals surface area contributed by atoms with Gasteiger partial charge in [0.25, 0.3) is 0 Å². The van der Waals surface area contributed by atoms with Gasteiger partial charge in [0, 0.05) is 12.5 Å². The van der Waals surface area contributed by atoms with Crippen LogP contribution in [0.1, 0.15) is 77.5 Å². The molecule has 0 aliphatic carbocycles. The molecule has 0 fully saturated rings. The van der Waals surface area contributed by atoms with E-state index in [-0.39, 0.29) is 37.6 Å². The highest BCUT2D eigenvalue weighted by molar-refractivity contribution is 5.90. The van der Waals surface area contributed by atoms with Crippen LogP contribution in [0.25, 0.3) is 0 Å². The maximum Gasteiger partial charge on any atom is 0.416 e. The van der Waals surface area contributed by atoms with Crippen LogP contribution < -0.4 is 15.0 Å². The van der Waals surface area contributed by atoms with E-state index in [9.17, 15) is 22.8 Å². The Morgan fingerprint density at radius 2 is 1.82 bits per heavy atom. The Hall–Kier alpha value is -3.57. The number of fused-ring (bicyclic) bond motifs is 1. The van der Waals surface area contributed by atoms with Gasteiger partial charge in [-0.3, -0.25) is 9.69 Å². The van der Waals surface area contributed by atoms with Crippen LogP contribution in [0.2, 0.25) is 0 Å². The van der Waals surface area contributed by atoms with Crippen LogP contribution in [-0.2, 0) is 20.4 Å². The average Bonchev–Trinajstić information content (AvgIpc) is 2.85. The smallest absolute Gasteiger partial charge is 0.416 e. The number of rotatable bonds is 9. The van der Waals surface area contributed by atoms with Crippen molar-refractivity contribution in [1.82, 2.24) is 9.97 Å². The van der Waals surface area contributed by atoms with Crippen molar-refractivity contribution in [3.05, 3.63) is 41.7 Å². The molecule has 1 aromatic heterocycles. The number of amides is 1. The number of anilines is 2. The maximum atomic E-state index is 13.5. The molecule has 39 heavy (non-hydrogen) atoms. The van der Waals surface area contributed by atoms with Gasteiger partial charge in [0.05, 0.1) is 42.9 Å². The Morgan fingerprint density at radius 1 is 1.13 bits per heavy atom. The number of nitrogens with one attached hydrogen (secondary N) is 1. The van der Waals surface area contributed by atoms with Gasteiger partial charge in [0.2, 0.25) is 5.95 Å². The minimum absolute atomic E-state index is 0.146. The predicted octanol–water partition coefficient (Wildman–Crippen LogP) is 6.29. The topological polar surface area (TPSA) is 103 Å². The largest absolute Gasteiger partial charge is 0.490 e. The molecule has 0 saturated heterocycles. The summed E-state index contributed by atoms with van der Waals surface area (Å²) in [6.07, 6.45) is -0.709. The first kappa shape index (κ1) is 30.0. The lowest BCUT2D eigenvalue weighted by Gasteiger charge is -2.40. The molecule has 1 aromatic carbocycles. The Kier molecular flexibility index (Phi) is 9.63. The van der Waals surface area contributed by atoms with E-state index in [2.05, 4.69) is 15.3 Å². The highest BCUT2D eigenvalue weighted by Crippen LogP contribution is 2.43. The van der Waals surface area contributed by atoms with Gasteiger partial charge in [-0.15, -0.1) is 0 Å². The number of halogens is 3. The van der Waals surface area contributed by atoms with Gasteiger partial charge in [0.15, 0.2) is 5.75 Å². The van der Waals surface area contributed by atoms with Crippen molar-refractivity contribution in [3.63, 3.8) is 0 Å². The van der Waals surface area contributed by atoms with Crippen LogP contribution in [0.3, 0.4) is 0 Å². The van der Waals surface area contributed by atoms with Crippen molar-refractivity contribution in [2.75, 3.05) is 23.4 Å². The number of hydrogen-bond donors (Lipinski definition) is 1. The molecule has 0 saturated carbocycles. The van der Waals surface area contributed by atoms with Gasteiger partial charge in [0.1, 0.15) is 5.60 Å². The zero-order chi connectivity index (χ0) is 28.8. The summed E-state index contributed by atoms with van der Waals surface area (Å²) in [5.74, 6) is 0.271. The molecule has 214 valence electrons. The molecule has 3 rings (SSSR count). The minimum Gasteiger partial charge on any atom is -0.490 e. The normalized spacial score (nSPS) is 17.3. The molecular weight excluding hydrogens is 517 g/mol. The number of hydrogen-bond acceptors (Lipinski definition) is 8. The zero-order valence-electron chi connectivity index (χ0n) is 22.8. The molecule has 12 heteroatoms. The quantitative estimate of drug-likeness (QED) is 0.286. The van der Waals surface area contributed by atoms with Crippen LogP contribution >= 0.6 is 0 Å². The van der Waals surface area contributed by atoms with Crippen LogP contribution in [0.5, 0.6) is 5.75 Å². The predicted molar refractivity (Wildman–Crippen MR) is 139 cm³/mol. The third-order valence-corrected chi connectivity index (χ3v) is 5.94. The fraction of sp³-hybridized carbons (Fsp3) is 0.556. The van der Waals surface area contributed by atoms with Crippen molar-refractivity contribution < 1.29 is 37.0 Å². The Balaban J connectivity index is 1.73. The van der Waals surface area contributed by atoms with Gasteiger partial charge in [-0.1, -0.05) is 6.92 Å². The molecule has 2 heterocycles. The molecule has 2 aromatic rings. The van der Waals surface area contributed by atoms with Crippen LogP contribution in [-0.4, -0.2) is 46.9 Å². The summed E-state index contributed by atoms with van der Waals surface area (Å²) in [6, 6.07) is 2.43. The van der Waals surface area contributed by atoms with E-state index >= 15 is 0 Å². The number of alkyl halides is 3. The Bertz CT molecular complexity index is 1140. The number of carbonyl (C=O) groups excluding carboxylic acids is 2. The fourth-order valence-corrected chi connectivity index (χ4v) is 4.28. The van der Waals surface area contributed by atoms with E-state index < -0.39 is 29.5 Å². The van der Waals surface area contributed by atoms with Gasteiger partial charge >= 0.3 is 18.2 Å². The molecule has 0 unspecified atom stereocenters. The van der Waals surface area contributed by atoms with Crippen LogP contribution in [0, 0.1) is 0 Å². The first-order chi connectivity index (χ1) is 18.3. The third-order valence-electron chi connectivity index (χ3n) is 5.94. The molecule has 1 amide bonds. The highest BCUT2D eigenvalue weighted by Gasteiger charge is 2.39. The van der Waals surface area contributed by atoms with E-state index in [1.165, 1.54) is 23.4 Å². The van der Waals surface area contributed by atoms with Crippen LogP contribution in [0.4, 0.5) is 29.6 Å². The number of esters is 1. The lowest BCUT2D eigenvalue weighted by Crippen LogP contribution is -2.46. The van der Waals surface area contributed by atoms with E-state index in [1.807, 2.05) is 6.92 Å². The summed E-state index contributed by atoms with van der Waals surface area (Å²) in [5.41, 5.74) is -0.714. The first-order valence-electron chi connectivity index (χ1n) is 12.9. The third kappa shape index (κ3) is 8.21. The number of nitrogens with zero attached hydrogens (tertiary/aromatic N) is 3. The second kappa shape index (κ2) is 12.5. The monoisotopic (exact) mass is 552 g/mol. The van der Waals surface area contributed by atoms with E-state index in [4.69, 9.17) is 14.2 Å². The summed E-state index contributed by atoms with van der Waals surface area (Å²) in [5, 5.41) is 3.12. The summed E-state index contributed by atoms with van der Waals surface area (Å²) in [4.78, 5) is 34.4. The van der Waals surface area contributed by atoms with Crippen molar-refractivity contribution in [1.29, 1.82) is 0 Å². The van der Waals surface area contributed by atoms with Crippen molar-refractivity contribution in [3.8, 4) is 5.75 Å². The summed E-state index contributed by atoms with van der Waals surface area (Å²) in [6.45, 7) is 9.37. The van der Waals surface area contributed by atoms with Gasteiger partial charge < -0.3 is 19.5 Å². The second-order valence-corrected chi connectivity index (χ2v) is 10.1. The molecule has 1 aliphatic heterocycles. The minimum atomic E-state index is -4.55. The maximum absolute atomic E-state index is 13.5. The number of benzene rings is 1. The van der Waals surface area contributed by atoms with Crippen LogP contribution in [0.15, 0.2) is 30.6 Å². The van der Waals surface area contributed by atoms with Crippen molar-refractivity contribution >= 4 is 23.7 Å². The molecule has 0 radical (unpaired) electrons. The SMILES string of the molecule is CCOC(=O)N1c2ccc(C(F)(F)F)cc2[C@@H](Nc2ncc(OCCCC(=O)OC(C)(C)C)cn2)C[C@H]1CC. The fourth-order valence-electron chi connectivity index (χ4n) is 4.28.